The van der Waals surface area contributed by atoms with Crippen molar-refractivity contribution in [2.75, 3.05) is 5.32 Å². The largest absolute Gasteiger partial charge is 0.322 e. The molecule has 6 heteroatoms. The van der Waals surface area contributed by atoms with Crippen LogP contribution in [0, 0.1) is 6.92 Å². The predicted octanol–water partition coefficient (Wildman–Crippen LogP) is 4.87. The molecule has 3 rings (SSSR count). The summed E-state index contributed by atoms with van der Waals surface area (Å²) >= 11 is 5.91. The van der Waals surface area contributed by atoms with Crippen LogP contribution in [0.25, 0.3) is 0 Å². The molecule has 0 saturated carbocycles. The number of benzene rings is 3. The summed E-state index contributed by atoms with van der Waals surface area (Å²) in [5.41, 5.74) is 2.66. The lowest BCUT2D eigenvalue weighted by atomic mass is 10.1. The number of hydrogen-bond donors (Lipinski definition) is 1. The van der Waals surface area contributed by atoms with Crippen molar-refractivity contribution in [3.8, 4) is 0 Å². The minimum atomic E-state index is -3.43. The fourth-order valence-corrected chi connectivity index (χ4v) is 4.11. The highest BCUT2D eigenvalue weighted by molar-refractivity contribution is 7.90. The number of carbonyl (C=O) groups excluding carboxylic acids is 1. The van der Waals surface area contributed by atoms with E-state index in [1.165, 1.54) is 0 Å². The molecule has 4 nitrogen and oxygen atoms in total. The number of hydrogen-bond acceptors (Lipinski definition) is 3. The molecule has 0 heterocycles. The molecule has 0 aliphatic carbocycles. The summed E-state index contributed by atoms with van der Waals surface area (Å²) in [6.07, 6.45) is 0. The first-order valence-electron chi connectivity index (χ1n) is 8.29. The second-order valence-corrected chi connectivity index (χ2v) is 8.66. The first-order valence-corrected chi connectivity index (χ1v) is 10.3. The van der Waals surface area contributed by atoms with Crippen molar-refractivity contribution in [3.05, 3.63) is 94.5 Å². The van der Waals surface area contributed by atoms with Crippen molar-refractivity contribution in [1.82, 2.24) is 0 Å². The normalized spacial score (nSPS) is 11.2. The Balaban J connectivity index is 1.71. The van der Waals surface area contributed by atoms with E-state index in [4.69, 9.17) is 11.6 Å². The summed E-state index contributed by atoms with van der Waals surface area (Å²) in [6.45, 7) is 1.91. The van der Waals surface area contributed by atoms with E-state index in [2.05, 4.69) is 5.32 Å². The minimum Gasteiger partial charge on any atom is -0.322 e. The summed E-state index contributed by atoms with van der Waals surface area (Å²) in [7, 11) is -3.43. The van der Waals surface area contributed by atoms with E-state index in [0.717, 1.165) is 5.56 Å². The predicted molar refractivity (Wildman–Crippen MR) is 108 cm³/mol. The van der Waals surface area contributed by atoms with Gasteiger partial charge in [-0.2, -0.15) is 0 Å². The molecule has 0 unspecified atom stereocenters. The summed E-state index contributed by atoms with van der Waals surface area (Å²) in [5.74, 6) is -0.406. The lowest BCUT2D eigenvalue weighted by molar-refractivity contribution is 0.102. The lowest BCUT2D eigenvalue weighted by Crippen LogP contribution is -2.12. The van der Waals surface area contributed by atoms with Crippen LogP contribution in [-0.2, 0) is 15.6 Å². The van der Waals surface area contributed by atoms with Gasteiger partial charge in [0.15, 0.2) is 9.84 Å². The van der Waals surface area contributed by atoms with E-state index in [0.29, 0.717) is 21.8 Å². The molecule has 0 atom stereocenters. The number of amides is 1. The molecule has 0 bridgehead atoms. The van der Waals surface area contributed by atoms with Crippen molar-refractivity contribution in [2.45, 2.75) is 17.6 Å². The average Bonchev–Trinajstić information content (AvgIpc) is 2.62. The second kappa shape index (κ2) is 7.94. The second-order valence-electron chi connectivity index (χ2n) is 6.23. The number of anilines is 1. The first kappa shape index (κ1) is 19.1. The van der Waals surface area contributed by atoms with Crippen molar-refractivity contribution >= 4 is 33.0 Å². The monoisotopic (exact) mass is 399 g/mol. The topological polar surface area (TPSA) is 63.2 Å². The summed E-state index contributed by atoms with van der Waals surface area (Å²) in [4.78, 5) is 12.6. The number of rotatable bonds is 5. The number of nitrogens with one attached hydrogen (secondary N) is 1. The standard InChI is InChI=1S/C21H18ClNO3S/c1-15-5-11-20(12-6-15)27(25,26)14-16-7-9-17(10-8-16)21(24)23-19-4-2-3-18(22)13-19/h2-13H,14H2,1H3,(H,23,24). The highest BCUT2D eigenvalue weighted by Gasteiger charge is 2.15. The molecule has 0 radical (unpaired) electrons. The summed E-state index contributed by atoms with van der Waals surface area (Å²) in [5, 5.41) is 3.29. The third kappa shape index (κ3) is 4.96. The Bertz CT molecular complexity index is 1060. The highest BCUT2D eigenvalue weighted by Crippen LogP contribution is 2.19. The van der Waals surface area contributed by atoms with Crippen LogP contribution in [0.15, 0.2) is 77.7 Å². The maximum atomic E-state index is 12.5. The maximum absolute atomic E-state index is 12.5. The van der Waals surface area contributed by atoms with Gasteiger partial charge in [-0.3, -0.25) is 4.79 Å². The van der Waals surface area contributed by atoms with Gasteiger partial charge < -0.3 is 5.32 Å². The van der Waals surface area contributed by atoms with Crippen molar-refractivity contribution < 1.29 is 13.2 Å². The molecule has 0 spiro atoms. The summed E-state index contributed by atoms with van der Waals surface area (Å²) < 4.78 is 25.0. The number of carbonyl (C=O) groups is 1. The van der Waals surface area contributed by atoms with Gasteiger partial charge in [-0.1, -0.05) is 47.5 Å². The molecule has 138 valence electrons. The van der Waals surface area contributed by atoms with E-state index in [1.54, 1.807) is 72.8 Å². The van der Waals surface area contributed by atoms with Crippen LogP contribution in [-0.4, -0.2) is 14.3 Å². The van der Waals surface area contributed by atoms with Gasteiger partial charge in [0.1, 0.15) is 0 Å². The van der Waals surface area contributed by atoms with Gasteiger partial charge in [-0.05, 0) is 55.0 Å². The van der Waals surface area contributed by atoms with Crippen molar-refractivity contribution in [1.29, 1.82) is 0 Å². The third-order valence-electron chi connectivity index (χ3n) is 4.04. The quantitative estimate of drug-likeness (QED) is 0.665. The molecule has 0 fully saturated rings. The molecule has 0 aliphatic rings. The van der Waals surface area contributed by atoms with Crippen molar-refractivity contribution in [2.24, 2.45) is 0 Å². The van der Waals surface area contributed by atoms with E-state index in [-0.39, 0.29) is 16.6 Å². The molecular formula is C21H18ClNO3S. The van der Waals surface area contributed by atoms with Crippen LogP contribution < -0.4 is 5.32 Å². The summed E-state index contributed by atoms with van der Waals surface area (Å²) in [6, 6.07) is 20.2. The van der Waals surface area contributed by atoms with E-state index in [9.17, 15) is 13.2 Å². The zero-order valence-electron chi connectivity index (χ0n) is 14.6. The third-order valence-corrected chi connectivity index (χ3v) is 5.97. The van der Waals surface area contributed by atoms with Crippen LogP contribution in [0.4, 0.5) is 5.69 Å². The SMILES string of the molecule is Cc1ccc(S(=O)(=O)Cc2ccc(C(=O)Nc3cccc(Cl)c3)cc2)cc1. The van der Waals surface area contributed by atoms with Gasteiger partial charge in [0.2, 0.25) is 0 Å². The zero-order chi connectivity index (χ0) is 19.4. The van der Waals surface area contributed by atoms with E-state index in [1.807, 2.05) is 6.92 Å². The lowest BCUT2D eigenvalue weighted by Gasteiger charge is -2.08. The highest BCUT2D eigenvalue weighted by atomic mass is 35.5. The fourth-order valence-electron chi connectivity index (χ4n) is 2.57. The van der Waals surface area contributed by atoms with Gasteiger partial charge in [0.05, 0.1) is 10.6 Å². The maximum Gasteiger partial charge on any atom is 0.255 e. The molecule has 0 aliphatic heterocycles. The van der Waals surface area contributed by atoms with Crippen LogP contribution >= 0.6 is 11.6 Å². The van der Waals surface area contributed by atoms with Crippen molar-refractivity contribution in [3.63, 3.8) is 0 Å². The molecule has 3 aromatic carbocycles. The number of sulfone groups is 1. The molecule has 1 amide bonds. The van der Waals surface area contributed by atoms with Gasteiger partial charge >= 0.3 is 0 Å². The molecular weight excluding hydrogens is 382 g/mol. The molecule has 27 heavy (non-hydrogen) atoms. The van der Waals surface area contributed by atoms with Crippen LogP contribution in [0.2, 0.25) is 5.02 Å². The molecule has 0 saturated heterocycles. The Morgan fingerprint density at radius 2 is 1.63 bits per heavy atom. The minimum absolute atomic E-state index is 0.119. The molecule has 3 aromatic rings. The number of aryl methyl sites for hydroxylation is 1. The Hall–Kier alpha value is -2.63. The van der Waals surface area contributed by atoms with Crippen LogP contribution in [0.3, 0.4) is 0 Å². The first-order chi connectivity index (χ1) is 12.8. The van der Waals surface area contributed by atoms with E-state index < -0.39 is 9.84 Å². The Morgan fingerprint density at radius 1 is 0.963 bits per heavy atom. The van der Waals surface area contributed by atoms with E-state index >= 15 is 0 Å². The average molecular weight is 400 g/mol. The smallest absolute Gasteiger partial charge is 0.255 e. The van der Waals surface area contributed by atoms with Gasteiger partial charge in [-0.15, -0.1) is 0 Å². The Labute approximate surface area is 163 Å². The van der Waals surface area contributed by atoms with Gasteiger partial charge in [0, 0.05) is 16.3 Å². The molecule has 1 N–H and O–H groups in total. The Morgan fingerprint density at radius 3 is 2.26 bits per heavy atom. The Kier molecular flexibility index (Phi) is 5.63. The molecule has 0 aromatic heterocycles. The van der Waals surface area contributed by atoms with Gasteiger partial charge in [0.25, 0.3) is 5.91 Å². The fraction of sp³-hybridized carbons (Fsp3) is 0.0952. The zero-order valence-corrected chi connectivity index (χ0v) is 16.2. The van der Waals surface area contributed by atoms with Gasteiger partial charge in [-0.25, -0.2) is 8.42 Å². The number of halogens is 1. The van der Waals surface area contributed by atoms with Crippen LogP contribution in [0.1, 0.15) is 21.5 Å². The van der Waals surface area contributed by atoms with Crippen LogP contribution in [0.5, 0.6) is 0 Å².